The van der Waals surface area contributed by atoms with E-state index in [2.05, 4.69) is 24.4 Å². The van der Waals surface area contributed by atoms with Crippen molar-refractivity contribution in [2.75, 3.05) is 6.54 Å². The van der Waals surface area contributed by atoms with Crippen LogP contribution in [-0.2, 0) is 16.0 Å². The van der Waals surface area contributed by atoms with E-state index in [4.69, 9.17) is 10.8 Å². The molecule has 0 bridgehead atoms. The fraction of sp³-hybridized carbons (Fsp3) is 0.429. The number of nitrogens with two attached hydrogens (primary N) is 1. The van der Waals surface area contributed by atoms with Crippen molar-refractivity contribution in [1.82, 2.24) is 5.32 Å². The molecule has 0 fully saturated rings. The van der Waals surface area contributed by atoms with Gasteiger partial charge in [0.05, 0.1) is 0 Å². The van der Waals surface area contributed by atoms with Crippen LogP contribution in [0.2, 0.25) is 0 Å². The highest BCUT2D eigenvalue weighted by Gasteiger charge is 2.20. The van der Waals surface area contributed by atoms with E-state index >= 15 is 0 Å². The van der Waals surface area contributed by atoms with Gasteiger partial charge in [0.2, 0.25) is 5.91 Å². The molecule has 1 atom stereocenters. The van der Waals surface area contributed by atoms with Crippen LogP contribution in [0.25, 0.3) is 0 Å². The van der Waals surface area contributed by atoms with Crippen molar-refractivity contribution in [2.24, 2.45) is 5.73 Å². The molecule has 0 aromatic heterocycles. The highest BCUT2D eigenvalue weighted by Crippen LogP contribution is 2.15. The molecular weight excluding hydrogens is 244 g/mol. The average molecular weight is 264 g/mol. The molecule has 0 aliphatic carbocycles. The number of benzene rings is 1. The number of nitrogens with one attached hydrogen (secondary N) is 1. The van der Waals surface area contributed by atoms with Crippen molar-refractivity contribution in [3.05, 3.63) is 34.4 Å². The van der Waals surface area contributed by atoms with Gasteiger partial charge >= 0.3 is 5.97 Å². The average Bonchev–Trinajstić information content (AvgIpc) is 2.34. The first-order chi connectivity index (χ1) is 8.82. The van der Waals surface area contributed by atoms with Crippen LogP contribution in [0.3, 0.4) is 0 Å². The molecule has 1 unspecified atom stereocenters. The van der Waals surface area contributed by atoms with Gasteiger partial charge in [-0.05, 0) is 49.4 Å². The van der Waals surface area contributed by atoms with E-state index in [1.165, 1.54) is 16.7 Å². The molecule has 4 N–H and O–H groups in total. The molecule has 5 heteroatoms. The first kappa shape index (κ1) is 15.2. The van der Waals surface area contributed by atoms with Crippen LogP contribution in [0.4, 0.5) is 0 Å². The lowest BCUT2D eigenvalue weighted by Gasteiger charge is -2.11. The van der Waals surface area contributed by atoms with Gasteiger partial charge in [-0.2, -0.15) is 0 Å². The van der Waals surface area contributed by atoms with Crippen LogP contribution >= 0.6 is 0 Å². The fourth-order valence-corrected chi connectivity index (χ4v) is 1.83. The van der Waals surface area contributed by atoms with E-state index in [1.807, 2.05) is 13.8 Å². The van der Waals surface area contributed by atoms with Crippen LogP contribution in [0.1, 0.15) is 22.3 Å². The summed E-state index contributed by atoms with van der Waals surface area (Å²) in [5.41, 5.74) is 9.95. The SMILES string of the molecule is Cc1cc(C)c(CCNC(=O)C(N)C(=O)O)cc1C. The second-order valence-electron chi connectivity index (χ2n) is 4.72. The molecule has 1 aromatic rings. The highest BCUT2D eigenvalue weighted by atomic mass is 16.4. The van der Waals surface area contributed by atoms with Crippen molar-refractivity contribution in [2.45, 2.75) is 33.2 Å². The summed E-state index contributed by atoms with van der Waals surface area (Å²) in [5, 5.41) is 11.1. The van der Waals surface area contributed by atoms with Gasteiger partial charge < -0.3 is 16.2 Å². The molecule has 0 saturated heterocycles. The van der Waals surface area contributed by atoms with Gasteiger partial charge in [0.1, 0.15) is 0 Å². The van der Waals surface area contributed by atoms with Gasteiger partial charge in [0, 0.05) is 6.54 Å². The lowest BCUT2D eigenvalue weighted by Crippen LogP contribution is -2.46. The molecular formula is C14H20N2O3. The number of aryl methyl sites for hydroxylation is 3. The van der Waals surface area contributed by atoms with Crippen LogP contribution in [0.5, 0.6) is 0 Å². The summed E-state index contributed by atoms with van der Waals surface area (Å²) in [6, 6.07) is 2.70. The quantitative estimate of drug-likeness (QED) is 0.682. The second kappa shape index (κ2) is 6.33. The highest BCUT2D eigenvalue weighted by molar-refractivity contribution is 6.00. The number of carboxylic acid groups (broad SMARTS) is 1. The van der Waals surface area contributed by atoms with Crippen molar-refractivity contribution in [1.29, 1.82) is 0 Å². The second-order valence-corrected chi connectivity index (χ2v) is 4.72. The first-order valence-electron chi connectivity index (χ1n) is 6.15. The number of amides is 1. The van der Waals surface area contributed by atoms with E-state index in [9.17, 15) is 9.59 Å². The van der Waals surface area contributed by atoms with E-state index in [0.717, 1.165) is 5.56 Å². The maximum Gasteiger partial charge on any atom is 0.330 e. The third-order valence-corrected chi connectivity index (χ3v) is 3.19. The Kier molecular flexibility index (Phi) is 5.06. The molecule has 1 amide bonds. The maximum atomic E-state index is 11.4. The molecule has 19 heavy (non-hydrogen) atoms. The molecule has 0 aliphatic heterocycles. The van der Waals surface area contributed by atoms with Crippen LogP contribution < -0.4 is 11.1 Å². The number of carbonyl (C=O) groups is 2. The van der Waals surface area contributed by atoms with E-state index < -0.39 is 17.9 Å². The monoisotopic (exact) mass is 264 g/mol. The van der Waals surface area contributed by atoms with Gasteiger partial charge in [-0.15, -0.1) is 0 Å². The number of hydrogen-bond donors (Lipinski definition) is 3. The summed E-state index contributed by atoms with van der Waals surface area (Å²) in [5.74, 6) is -1.98. The minimum absolute atomic E-state index is 0.378. The summed E-state index contributed by atoms with van der Waals surface area (Å²) >= 11 is 0. The standard InChI is InChI=1S/C14H20N2O3/c1-8-6-10(3)11(7-9(8)2)4-5-16-13(17)12(15)14(18)19/h6-7,12H,4-5,15H2,1-3H3,(H,16,17)(H,18,19). The number of carboxylic acids is 1. The topological polar surface area (TPSA) is 92.4 Å². The molecule has 1 rings (SSSR count). The number of aliphatic carboxylic acids is 1. The number of hydrogen-bond acceptors (Lipinski definition) is 3. The van der Waals surface area contributed by atoms with Crippen LogP contribution in [0.15, 0.2) is 12.1 Å². The van der Waals surface area contributed by atoms with Crippen molar-refractivity contribution in [3.63, 3.8) is 0 Å². The third-order valence-electron chi connectivity index (χ3n) is 3.19. The molecule has 0 radical (unpaired) electrons. The minimum atomic E-state index is -1.50. The zero-order chi connectivity index (χ0) is 14.6. The zero-order valence-corrected chi connectivity index (χ0v) is 11.5. The molecule has 0 saturated carbocycles. The Labute approximate surface area is 112 Å². The molecule has 1 aromatic carbocycles. The number of carbonyl (C=O) groups excluding carboxylic acids is 1. The van der Waals surface area contributed by atoms with E-state index in [0.29, 0.717) is 13.0 Å². The molecule has 104 valence electrons. The number of rotatable bonds is 5. The summed E-state index contributed by atoms with van der Waals surface area (Å²) in [7, 11) is 0. The third kappa shape index (κ3) is 4.06. The van der Waals surface area contributed by atoms with Gasteiger partial charge in [-0.25, -0.2) is 4.79 Å². The van der Waals surface area contributed by atoms with Crippen LogP contribution in [-0.4, -0.2) is 29.6 Å². The van der Waals surface area contributed by atoms with Gasteiger partial charge in [-0.3, -0.25) is 4.79 Å². The summed E-state index contributed by atoms with van der Waals surface area (Å²) in [4.78, 5) is 21.9. The van der Waals surface area contributed by atoms with Crippen molar-refractivity contribution >= 4 is 11.9 Å². The lowest BCUT2D eigenvalue weighted by atomic mass is 9.99. The van der Waals surface area contributed by atoms with Crippen LogP contribution in [0, 0.1) is 20.8 Å². The fourth-order valence-electron chi connectivity index (χ4n) is 1.83. The van der Waals surface area contributed by atoms with E-state index in [1.54, 1.807) is 0 Å². The Hall–Kier alpha value is -1.88. The Balaban J connectivity index is 2.57. The Morgan fingerprint density at radius 2 is 1.79 bits per heavy atom. The van der Waals surface area contributed by atoms with Gasteiger partial charge in [-0.1, -0.05) is 12.1 Å². The summed E-state index contributed by atoms with van der Waals surface area (Å²) < 4.78 is 0. The predicted octanol–water partition coefficient (Wildman–Crippen LogP) is 0.682. The largest absolute Gasteiger partial charge is 0.480 e. The van der Waals surface area contributed by atoms with E-state index in [-0.39, 0.29) is 0 Å². The molecule has 0 heterocycles. The van der Waals surface area contributed by atoms with Gasteiger partial charge in [0.25, 0.3) is 0 Å². The van der Waals surface area contributed by atoms with Crippen molar-refractivity contribution < 1.29 is 14.7 Å². The normalized spacial score (nSPS) is 12.0. The molecule has 0 spiro atoms. The Morgan fingerprint density at radius 3 is 2.37 bits per heavy atom. The lowest BCUT2D eigenvalue weighted by molar-refractivity contribution is -0.142. The molecule has 5 nitrogen and oxygen atoms in total. The smallest absolute Gasteiger partial charge is 0.330 e. The van der Waals surface area contributed by atoms with Gasteiger partial charge in [0.15, 0.2) is 6.04 Å². The zero-order valence-electron chi connectivity index (χ0n) is 11.5. The summed E-state index contributed by atoms with van der Waals surface area (Å²) in [6.45, 7) is 6.49. The first-order valence-corrected chi connectivity index (χ1v) is 6.15. The Morgan fingerprint density at radius 1 is 1.21 bits per heavy atom. The predicted molar refractivity (Wildman–Crippen MR) is 73.0 cm³/mol. The summed E-state index contributed by atoms with van der Waals surface area (Å²) in [6.07, 6.45) is 0.658. The Bertz CT molecular complexity index is 498. The maximum absolute atomic E-state index is 11.4. The molecule has 0 aliphatic rings. The minimum Gasteiger partial charge on any atom is -0.480 e. The van der Waals surface area contributed by atoms with Crippen molar-refractivity contribution in [3.8, 4) is 0 Å².